The molecule has 0 aliphatic carbocycles. The molecule has 2 rings (SSSR count). The molecule has 4 heteroatoms. The van der Waals surface area contributed by atoms with Crippen molar-refractivity contribution in [3.8, 4) is 0 Å². The van der Waals surface area contributed by atoms with Gasteiger partial charge in [0.1, 0.15) is 0 Å². The normalized spacial score (nSPS) is 19.2. The molecule has 1 heterocycles. The number of benzene rings is 1. The predicted molar refractivity (Wildman–Crippen MR) is 72.4 cm³/mol. The van der Waals surface area contributed by atoms with Crippen molar-refractivity contribution in [1.29, 1.82) is 0 Å². The lowest BCUT2D eigenvalue weighted by Gasteiger charge is -2.09. The third-order valence-corrected chi connectivity index (χ3v) is 3.75. The van der Waals surface area contributed by atoms with Gasteiger partial charge in [-0.3, -0.25) is 4.79 Å². The molecule has 17 heavy (non-hydrogen) atoms. The minimum atomic E-state index is 0.121. The van der Waals surface area contributed by atoms with E-state index in [-0.39, 0.29) is 5.91 Å². The Kier molecular flexibility index (Phi) is 4.45. The topological polar surface area (TPSA) is 41.1 Å². The van der Waals surface area contributed by atoms with Crippen LogP contribution in [0.1, 0.15) is 12.8 Å². The summed E-state index contributed by atoms with van der Waals surface area (Å²) < 4.78 is 0. The van der Waals surface area contributed by atoms with E-state index >= 15 is 0 Å². The summed E-state index contributed by atoms with van der Waals surface area (Å²) in [5, 5.41) is 6.22. The average molecular weight is 250 g/mol. The lowest BCUT2D eigenvalue weighted by molar-refractivity contribution is -0.116. The van der Waals surface area contributed by atoms with Crippen molar-refractivity contribution in [2.24, 2.45) is 5.92 Å². The second-order valence-corrected chi connectivity index (χ2v) is 5.22. The van der Waals surface area contributed by atoms with Crippen molar-refractivity contribution in [1.82, 2.24) is 5.32 Å². The number of hydrogen-bond acceptors (Lipinski definition) is 3. The SMILES string of the molecule is CSc1ccc(NC(=O)CC2CCNC2)cc1. The molecular weight excluding hydrogens is 232 g/mol. The molecule has 1 amide bonds. The van der Waals surface area contributed by atoms with E-state index < -0.39 is 0 Å². The molecule has 1 aliphatic heterocycles. The zero-order chi connectivity index (χ0) is 12.1. The molecule has 0 aromatic heterocycles. The van der Waals surface area contributed by atoms with E-state index in [0.29, 0.717) is 12.3 Å². The van der Waals surface area contributed by atoms with E-state index in [1.807, 2.05) is 30.5 Å². The second kappa shape index (κ2) is 6.07. The molecule has 0 radical (unpaired) electrons. The zero-order valence-corrected chi connectivity index (χ0v) is 10.8. The number of amides is 1. The highest BCUT2D eigenvalue weighted by Gasteiger charge is 2.17. The van der Waals surface area contributed by atoms with Crippen molar-refractivity contribution in [3.05, 3.63) is 24.3 Å². The van der Waals surface area contributed by atoms with Crippen LogP contribution in [0.2, 0.25) is 0 Å². The van der Waals surface area contributed by atoms with E-state index in [9.17, 15) is 4.79 Å². The summed E-state index contributed by atoms with van der Waals surface area (Å²) in [6.45, 7) is 2.01. The summed E-state index contributed by atoms with van der Waals surface area (Å²) in [7, 11) is 0. The smallest absolute Gasteiger partial charge is 0.224 e. The first-order chi connectivity index (χ1) is 8.28. The summed E-state index contributed by atoms with van der Waals surface area (Å²) in [6, 6.07) is 7.96. The monoisotopic (exact) mass is 250 g/mol. The van der Waals surface area contributed by atoms with E-state index in [4.69, 9.17) is 0 Å². The van der Waals surface area contributed by atoms with Gasteiger partial charge in [0.05, 0.1) is 0 Å². The van der Waals surface area contributed by atoms with Crippen molar-refractivity contribution >= 4 is 23.4 Å². The Balaban J connectivity index is 1.84. The van der Waals surface area contributed by atoms with Gasteiger partial charge in [0, 0.05) is 17.0 Å². The van der Waals surface area contributed by atoms with Crippen LogP contribution < -0.4 is 10.6 Å². The van der Waals surface area contributed by atoms with Crippen LogP contribution in [-0.4, -0.2) is 25.3 Å². The third kappa shape index (κ3) is 3.75. The lowest BCUT2D eigenvalue weighted by atomic mass is 10.0. The fraction of sp³-hybridized carbons (Fsp3) is 0.462. The number of carbonyl (C=O) groups is 1. The molecule has 0 bridgehead atoms. The molecule has 1 aromatic carbocycles. The van der Waals surface area contributed by atoms with Gasteiger partial charge in [0.2, 0.25) is 5.91 Å². The van der Waals surface area contributed by atoms with E-state index in [1.165, 1.54) is 4.90 Å². The Morgan fingerprint density at radius 1 is 1.47 bits per heavy atom. The molecule has 1 aromatic rings. The maximum atomic E-state index is 11.8. The van der Waals surface area contributed by atoms with Crippen LogP contribution >= 0.6 is 11.8 Å². The number of anilines is 1. The first kappa shape index (κ1) is 12.5. The van der Waals surface area contributed by atoms with E-state index in [1.54, 1.807) is 11.8 Å². The number of rotatable bonds is 4. The molecular formula is C13H18N2OS. The Morgan fingerprint density at radius 3 is 2.82 bits per heavy atom. The molecule has 0 spiro atoms. The van der Waals surface area contributed by atoms with Crippen molar-refractivity contribution < 1.29 is 4.79 Å². The van der Waals surface area contributed by atoms with Crippen LogP contribution in [0.15, 0.2) is 29.2 Å². The molecule has 1 saturated heterocycles. The van der Waals surface area contributed by atoms with Gasteiger partial charge in [-0.05, 0) is 55.9 Å². The summed E-state index contributed by atoms with van der Waals surface area (Å²) in [6.07, 6.45) is 3.77. The van der Waals surface area contributed by atoms with Gasteiger partial charge in [0.15, 0.2) is 0 Å². The number of carbonyl (C=O) groups excluding carboxylic acids is 1. The maximum Gasteiger partial charge on any atom is 0.224 e. The Bertz CT molecular complexity index is 372. The first-order valence-electron chi connectivity index (χ1n) is 5.92. The van der Waals surface area contributed by atoms with Crippen LogP contribution in [0.25, 0.3) is 0 Å². The van der Waals surface area contributed by atoms with Gasteiger partial charge >= 0.3 is 0 Å². The van der Waals surface area contributed by atoms with Gasteiger partial charge in [-0.15, -0.1) is 11.8 Å². The van der Waals surface area contributed by atoms with Gasteiger partial charge < -0.3 is 10.6 Å². The molecule has 1 atom stereocenters. The van der Waals surface area contributed by atoms with E-state index in [2.05, 4.69) is 10.6 Å². The van der Waals surface area contributed by atoms with Crippen LogP contribution in [0, 0.1) is 5.92 Å². The van der Waals surface area contributed by atoms with Crippen LogP contribution in [0.4, 0.5) is 5.69 Å². The second-order valence-electron chi connectivity index (χ2n) is 4.34. The van der Waals surface area contributed by atoms with Gasteiger partial charge in [0.25, 0.3) is 0 Å². The average Bonchev–Trinajstić information content (AvgIpc) is 2.82. The lowest BCUT2D eigenvalue weighted by Crippen LogP contribution is -2.18. The first-order valence-corrected chi connectivity index (χ1v) is 7.15. The Hall–Kier alpha value is -1.00. The van der Waals surface area contributed by atoms with Crippen LogP contribution in [0.3, 0.4) is 0 Å². The zero-order valence-electron chi connectivity index (χ0n) is 10.0. The molecule has 0 saturated carbocycles. The van der Waals surface area contributed by atoms with Crippen molar-refractivity contribution in [2.75, 3.05) is 24.7 Å². The highest BCUT2D eigenvalue weighted by Crippen LogP contribution is 2.18. The van der Waals surface area contributed by atoms with Crippen molar-refractivity contribution in [3.63, 3.8) is 0 Å². The highest BCUT2D eigenvalue weighted by atomic mass is 32.2. The number of hydrogen-bond donors (Lipinski definition) is 2. The molecule has 1 fully saturated rings. The summed E-state index contributed by atoms with van der Waals surface area (Å²) in [5.41, 5.74) is 0.888. The summed E-state index contributed by atoms with van der Waals surface area (Å²) in [5.74, 6) is 0.621. The van der Waals surface area contributed by atoms with Crippen molar-refractivity contribution in [2.45, 2.75) is 17.7 Å². The Morgan fingerprint density at radius 2 is 2.24 bits per heavy atom. The maximum absolute atomic E-state index is 11.8. The third-order valence-electron chi connectivity index (χ3n) is 3.01. The van der Waals surface area contributed by atoms with Crippen LogP contribution in [-0.2, 0) is 4.79 Å². The van der Waals surface area contributed by atoms with Gasteiger partial charge in [-0.1, -0.05) is 0 Å². The molecule has 92 valence electrons. The minimum absolute atomic E-state index is 0.121. The van der Waals surface area contributed by atoms with Gasteiger partial charge in [-0.25, -0.2) is 0 Å². The summed E-state index contributed by atoms with van der Waals surface area (Å²) >= 11 is 1.70. The summed E-state index contributed by atoms with van der Waals surface area (Å²) in [4.78, 5) is 13.0. The quantitative estimate of drug-likeness (QED) is 0.806. The van der Waals surface area contributed by atoms with Crippen LogP contribution in [0.5, 0.6) is 0 Å². The van der Waals surface area contributed by atoms with E-state index in [0.717, 1.165) is 25.2 Å². The molecule has 1 unspecified atom stereocenters. The molecule has 2 N–H and O–H groups in total. The molecule has 3 nitrogen and oxygen atoms in total. The fourth-order valence-electron chi connectivity index (χ4n) is 2.04. The number of nitrogens with one attached hydrogen (secondary N) is 2. The standard InChI is InChI=1S/C13H18N2OS/c1-17-12-4-2-11(3-5-12)15-13(16)8-10-6-7-14-9-10/h2-5,10,14H,6-9H2,1H3,(H,15,16). The minimum Gasteiger partial charge on any atom is -0.326 e. The molecule has 1 aliphatic rings. The largest absolute Gasteiger partial charge is 0.326 e. The fourth-order valence-corrected chi connectivity index (χ4v) is 2.45. The predicted octanol–water partition coefficient (Wildman–Crippen LogP) is 2.35. The number of thioether (sulfide) groups is 1. The Labute approximate surface area is 106 Å². The highest BCUT2D eigenvalue weighted by molar-refractivity contribution is 7.98. The van der Waals surface area contributed by atoms with Gasteiger partial charge in [-0.2, -0.15) is 0 Å².